The smallest absolute Gasteiger partial charge is 0.197 e. The molecule has 3 nitrogen and oxygen atoms in total. The molecule has 0 unspecified atom stereocenters. The molecule has 3 heteroatoms. The van der Waals surface area contributed by atoms with E-state index in [1.165, 1.54) is 5.56 Å². The summed E-state index contributed by atoms with van der Waals surface area (Å²) in [6.45, 7) is 4.90. The number of ketones is 1. The van der Waals surface area contributed by atoms with Crippen LogP contribution in [0.1, 0.15) is 32.6 Å². The molecule has 0 aliphatic carbocycles. The number of nitrogens with one attached hydrogen (secondary N) is 1. The van der Waals surface area contributed by atoms with Crippen LogP contribution in [-0.4, -0.2) is 19.4 Å². The standard InChI is InChI=1S/C18H19NO2/c1-11-8-12(2)17(16(9-11)21-3)18(20)14-5-4-13-6-7-19-15(13)10-14/h4-5,8-10,19H,6-7H2,1-3H3. The molecule has 21 heavy (non-hydrogen) atoms. The van der Waals surface area contributed by atoms with Crippen molar-refractivity contribution in [3.8, 4) is 5.75 Å². The lowest BCUT2D eigenvalue weighted by Gasteiger charge is -2.13. The van der Waals surface area contributed by atoms with Gasteiger partial charge in [-0.1, -0.05) is 18.2 Å². The first-order chi connectivity index (χ1) is 10.1. The van der Waals surface area contributed by atoms with Gasteiger partial charge in [0.05, 0.1) is 12.7 Å². The second-order valence-electron chi connectivity index (χ2n) is 5.54. The molecular weight excluding hydrogens is 262 g/mol. The number of anilines is 1. The summed E-state index contributed by atoms with van der Waals surface area (Å²) in [7, 11) is 1.61. The Balaban J connectivity index is 2.06. The maximum atomic E-state index is 12.9. The van der Waals surface area contributed by atoms with Crippen LogP contribution in [0.5, 0.6) is 5.75 Å². The number of benzene rings is 2. The molecule has 1 heterocycles. The minimum Gasteiger partial charge on any atom is -0.496 e. The summed E-state index contributed by atoms with van der Waals surface area (Å²) in [6.07, 6.45) is 1.02. The lowest BCUT2D eigenvalue weighted by Crippen LogP contribution is -2.07. The average Bonchev–Trinajstić information content (AvgIpc) is 2.93. The van der Waals surface area contributed by atoms with Crippen LogP contribution in [0.25, 0.3) is 0 Å². The van der Waals surface area contributed by atoms with E-state index in [2.05, 4.69) is 5.32 Å². The van der Waals surface area contributed by atoms with Gasteiger partial charge in [0.1, 0.15) is 5.75 Å². The van der Waals surface area contributed by atoms with Gasteiger partial charge in [-0.25, -0.2) is 0 Å². The Bertz CT molecular complexity index is 719. The van der Waals surface area contributed by atoms with Crippen LogP contribution >= 0.6 is 0 Å². The maximum absolute atomic E-state index is 12.9. The number of carbonyl (C=O) groups is 1. The number of carbonyl (C=O) groups excluding carboxylic acids is 1. The van der Waals surface area contributed by atoms with Crippen LogP contribution < -0.4 is 10.1 Å². The molecule has 2 aromatic rings. The zero-order valence-electron chi connectivity index (χ0n) is 12.6. The van der Waals surface area contributed by atoms with Gasteiger partial charge in [-0.2, -0.15) is 0 Å². The van der Waals surface area contributed by atoms with E-state index in [1.807, 2.05) is 44.2 Å². The zero-order valence-corrected chi connectivity index (χ0v) is 12.6. The fourth-order valence-corrected chi connectivity index (χ4v) is 2.96. The summed E-state index contributed by atoms with van der Waals surface area (Å²) in [4.78, 5) is 12.9. The van der Waals surface area contributed by atoms with Crippen LogP contribution in [0.2, 0.25) is 0 Å². The molecule has 2 aromatic carbocycles. The Morgan fingerprint density at radius 2 is 2.00 bits per heavy atom. The molecule has 1 aliphatic rings. The SMILES string of the molecule is COc1cc(C)cc(C)c1C(=O)c1ccc2c(c1)NCC2. The molecule has 0 spiro atoms. The van der Waals surface area contributed by atoms with E-state index in [0.29, 0.717) is 16.9 Å². The van der Waals surface area contributed by atoms with Crippen molar-refractivity contribution in [3.63, 3.8) is 0 Å². The highest BCUT2D eigenvalue weighted by Crippen LogP contribution is 2.29. The van der Waals surface area contributed by atoms with Gasteiger partial charge < -0.3 is 10.1 Å². The van der Waals surface area contributed by atoms with Crippen molar-refractivity contribution in [3.05, 3.63) is 58.1 Å². The van der Waals surface area contributed by atoms with Crippen LogP contribution in [0.4, 0.5) is 5.69 Å². The lowest BCUT2D eigenvalue weighted by molar-refractivity contribution is 0.103. The van der Waals surface area contributed by atoms with Crippen LogP contribution in [0.3, 0.4) is 0 Å². The summed E-state index contributed by atoms with van der Waals surface area (Å²) in [5.41, 5.74) is 5.75. The van der Waals surface area contributed by atoms with Gasteiger partial charge in [-0.05, 0) is 49.1 Å². The third kappa shape index (κ3) is 2.40. The quantitative estimate of drug-likeness (QED) is 0.875. The summed E-state index contributed by atoms with van der Waals surface area (Å²) in [5, 5.41) is 3.32. The minimum absolute atomic E-state index is 0.0147. The number of rotatable bonds is 3. The minimum atomic E-state index is 0.0147. The van der Waals surface area contributed by atoms with Crippen molar-refractivity contribution in [1.82, 2.24) is 0 Å². The molecular formula is C18H19NO2. The van der Waals surface area contributed by atoms with Crippen molar-refractivity contribution in [1.29, 1.82) is 0 Å². The monoisotopic (exact) mass is 281 g/mol. The molecule has 0 saturated heterocycles. The summed E-state index contributed by atoms with van der Waals surface area (Å²) >= 11 is 0. The van der Waals surface area contributed by atoms with Crippen molar-refractivity contribution in [2.24, 2.45) is 0 Å². The number of ether oxygens (including phenoxy) is 1. The van der Waals surface area contributed by atoms with E-state index in [4.69, 9.17) is 4.74 Å². The number of hydrogen-bond acceptors (Lipinski definition) is 3. The third-order valence-corrected chi connectivity index (χ3v) is 3.97. The highest BCUT2D eigenvalue weighted by atomic mass is 16.5. The van der Waals surface area contributed by atoms with Gasteiger partial charge in [-0.15, -0.1) is 0 Å². The summed E-state index contributed by atoms with van der Waals surface area (Å²) in [6, 6.07) is 9.82. The topological polar surface area (TPSA) is 38.3 Å². The van der Waals surface area contributed by atoms with Crippen LogP contribution in [0, 0.1) is 13.8 Å². The zero-order chi connectivity index (χ0) is 15.0. The lowest BCUT2D eigenvalue weighted by atomic mass is 9.95. The number of fused-ring (bicyclic) bond motifs is 1. The van der Waals surface area contributed by atoms with E-state index in [1.54, 1.807) is 7.11 Å². The van der Waals surface area contributed by atoms with Crippen molar-refractivity contribution >= 4 is 11.5 Å². The normalized spacial score (nSPS) is 12.7. The molecule has 0 saturated carbocycles. The van der Waals surface area contributed by atoms with E-state index >= 15 is 0 Å². The second-order valence-corrected chi connectivity index (χ2v) is 5.54. The first-order valence-electron chi connectivity index (χ1n) is 7.17. The molecule has 1 N–H and O–H groups in total. The van der Waals surface area contributed by atoms with Gasteiger partial charge in [0, 0.05) is 17.8 Å². The largest absolute Gasteiger partial charge is 0.496 e. The Labute approximate surface area is 124 Å². The number of hydrogen-bond donors (Lipinski definition) is 1. The predicted octanol–water partition coefficient (Wildman–Crippen LogP) is 3.51. The molecule has 0 atom stereocenters. The van der Waals surface area contributed by atoms with Crippen LogP contribution in [0.15, 0.2) is 30.3 Å². The van der Waals surface area contributed by atoms with Crippen LogP contribution in [-0.2, 0) is 6.42 Å². The highest BCUT2D eigenvalue weighted by molar-refractivity contribution is 6.12. The maximum Gasteiger partial charge on any atom is 0.197 e. The Morgan fingerprint density at radius 1 is 1.19 bits per heavy atom. The molecule has 0 amide bonds. The Morgan fingerprint density at radius 3 is 2.76 bits per heavy atom. The van der Waals surface area contributed by atoms with E-state index < -0.39 is 0 Å². The first-order valence-corrected chi connectivity index (χ1v) is 7.17. The second kappa shape index (κ2) is 5.24. The Hall–Kier alpha value is -2.29. The van der Waals surface area contributed by atoms with Gasteiger partial charge >= 0.3 is 0 Å². The molecule has 0 radical (unpaired) electrons. The number of methoxy groups -OCH3 is 1. The molecule has 108 valence electrons. The van der Waals surface area contributed by atoms with E-state index in [-0.39, 0.29) is 5.78 Å². The van der Waals surface area contributed by atoms with E-state index in [0.717, 1.165) is 29.8 Å². The van der Waals surface area contributed by atoms with E-state index in [9.17, 15) is 4.79 Å². The fraction of sp³-hybridized carbons (Fsp3) is 0.278. The van der Waals surface area contributed by atoms with Crippen molar-refractivity contribution in [2.45, 2.75) is 20.3 Å². The van der Waals surface area contributed by atoms with Gasteiger partial charge in [0.15, 0.2) is 5.78 Å². The van der Waals surface area contributed by atoms with Crippen molar-refractivity contribution in [2.75, 3.05) is 19.0 Å². The van der Waals surface area contributed by atoms with Gasteiger partial charge in [0.25, 0.3) is 0 Å². The fourth-order valence-electron chi connectivity index (χ4n) is 2.96. The third-order valence-electron chi connectivity index (χ3n) is 3.97. The predicted molar refractivity (Wildman–Crippen MR) is 84.5 cm³/mol. The highest BCUT2D eigenvalue weighted by Gasteiger charge is 2.20. The van der Waals surface area contributed by atoms with Gasteiger partial charge in [0.2, 0.25) is 0 Å². The van der Waals surface area contributed by atoms with Crippen molar-refractivity contribution < 1.29 is 9.53 Å². The molecule has 0 aromatic heterocycles. The first kappa shape index (κ1) is 13.7. The average molecular weight is 281 g/mol. The van der Waals surface area contributed by atoms with Gasteiger partial charge in [-0.3, -0.25) is 4.79 Å². The molecule has 3 rings (SSSR count). The number of aryl methyl sites for hydroxylation is 2. The summed E-state index contributed by atoms with van der Waals surface area (Å²) in [5.74, 6) is 0.659. The molecule has 1 aliphatic heterocycles. The molecule has 0 bridgehead atoms. The molecule has 0 fully saturated rings. The summed E-state index contributed by atoms with van der Waals surface area (Å²) < 4.78 is 5.41. The Kier molecular flexibility index (Phi) is 3.42.